The fraction of sp³-hybridized carbons (Fsp3) is 0.348. The maximum Gasteiger partial charge on any atom is 0.346 e. The van der Waals surface area contributed by atoms with Gasteiger partial charge in [-0.05, 0) is 43.0 Å². The number of rotatable bonds is 8. The fourth-order valence-corrected chi connectivity index (χ4v) is 3.50. The summed E-state index contributed by atoms with van der Waals surface area (Å²) in [7, 11) is 0. The molecule has 2 aromatic rings. The van der Waals surface area contributed by atoms with Gasteiger partial charge in [0.15, 0.2) is 0 Å². The molecule has 2 aromatic carbocycles. The summed E-state index contributed by atoms with van der Waals surface area (Å²) in [6.07, 6.45) is 3.73. The third-order valence-electron chi connectivity index (χ3n) is 5.09. The molecule has 1 heterocycles. The molecule has 1 aliphatic rings. The number of nitrogens with zero attached hydrogens (tertiary/aromatic N) is 3. The van der Waals surface area contributed by atoms with Crippen LogP contribution in [0.5, 0.6) is 0 Å². The molecular formula is C23H28N4O2. The van der Waals surface area contributed by atoms with E-state index in [4.69, 9.17) is 0 Å². The quantitative estimate of drug-likeness (QED) is 0.543. The Morgan fingerprint density at radius 2 is 1.62 bits per heavy atom. The van der Waals surface area contributed by atoms with E-state index in [-0.39, 0.29) is 0 Å². The van der Waals surface area contributed by atoms with Crippen molar-refractivity contribution in [1.29, 1.82) is 0 Å². The second-order valence-electron chi connectivity index (χ2n) is 7.36. The van der Waals surface area contributed by atoms with Crippen LogP contribution in [0.25, 0.3) is 0 Å². The van der Waals surface area contributed by atoms with Crippen LogP contribution in [0, 0.1) is 0 Å². The second-order valence-corrected chi connectivity index (χ2v) is 7.36. The SMILES string of the molecule is CCCN(CCC)c1ccc(/C=N\N2C(=O)N[C@@](C)(c3ccccc3)C2=O)cc1. The normalized spacial score (nSPS) is 19.1. The Hall–Kier alpha value is -3.15. The number of hydrazone groups is 1. The number of amides is 3. The molecule has 0 aromatic heterocycles. The Balaban J connectivity index is 1.74. The number of imide groups is 1. The first-order chi connectivity index (χ1) is 14.0. The van der Waals surface area contributed by atoms with Gasteiger partial charge < -0.3 is 10.2 Å². The van der Waals surface area contributed by atoms with Gasteiger partial charge in [-0.2, -0.15) is 5.10 Å². The van der Waals surface area contributed by atoms with Gasteiger partial charge in [-0.25, -0.2) is 4.79 Å². The molecule has 3 rings (SSSR count). The highest BCUT2D eigenvalue weighted by Gasteiger charge is 2.49. The number of anilines is 1. The number of nitrogens with one attached hydrogen (secondary N) is 1. The van der Waals surface area contributed by atoms with Crippen molar-refractivity contribution in [3.8, 4) is 0 Å². The molecule has 0 saturated carbocycles. The Morgan fingerprint density at radius 3 is 2.21 bits per heavy atom. The minimum Gasteiger partial charge on any atom is -0.372 e. The van der Waals surface area contributed by atoms with Crippen molar-refractivity contribution in [2.75, 3.05) is 18.0 Å². The van der Waals surface area contributed by atoms with Crippen molar-refractivity contribution in [3.63, 3.8) is 0 Å². The number of carbonyl (C=O) groups excluding carboxylic acids is 2. The molecule has 1 fully saturated rings. The average Bonchev–Trinajstić information content (AvgIpc) is 2.96. The summed E-state index contributed by atoms with van der Waals surface area (Å²) in [5, 5.41) is 7.81. The number of hydrogen-bond acceptors (Lipinski definition) is 4. The summed E-state index contributed by atoms with van der Waals surface area (Å²) in [5.74, 6) is -0.390. The van der Waals surface area contributed by atoms with E-state index in [1.54, 1.807) is 13.1 Å². The zero-order valence-corrected chi connectivity index (χ0v) is 17.3. The molecule has 1 N–H and O–H groups in total. The largest absolute Gasteiger partial charge is 0.372 e. The maximum absolute atomic E-state index is 12.9. The third-order valence-corrected chi connectivity index (χ3v) is 5.09. The van der Waals surface area contributed by atoms with E-state index < -0.39 is 17.5 Å². The van der Waals surface area contributed by atoms with Crippen LogP contribution < -0.4 is 10.2 Å². The summed E-state index contributed by atoms with van der Waals surface area (Å²) in [5.41, 5.74) is 1.61. The van der Waals surface area contributed by atoms with Gasteiger partial charge in [-0.1, -0.05) is 56.3 Å². The molecule has 0 spiro atoms. The first kappa shape index (κ1) is 20.6. The molecule has 1 atom stereocenters. The fourth-order valence-electron chi connectivity index (χ4n) is 3.50. The van der Waals surface area contributed by atoms with Crippen LogP contribution in [0.1, 0.15) is 44.7 Å². The molecule has 1 aliphatic heterocycles. The molecule has 0 bridgehead atoms. The molecule has 152 valence electrons. The lowest BCUT2D eigenvalue weighted by Gasteiger charge is -2.23. The first-order valence-corrected chi connectivity index (χ1v) is 10.1. The van der Waals surface area contributed by atoms with E-state index in [0.717, 1.165) is 47.8 Å². The molecule has 1 saturated heterocycles. The van der Waals surface area contributed by atoms with Crippen molar-refractivity contribution in [2.45, 2.75) is 39.2 Å². The van der Waals surface area contributed by atoms with Gasteiger partial charge in [0.05, 0.1) is 6.21 Å². The van der Waals surface area contributed by atoms with Crippen LogP contribution in [0.3, 0.4) is 0 Å². The van der Waals surface area contributed by atoms with Gasteiger partial charge in [0.25, 0.3) is 5.91 Å². The van der Waals surface area contributed by atoms with Crippen molar-refractivity contribution >= 4 is 23.8 Å². The van der Waals surface area contributed by atoms with Gasteiger partial charge in [-0.3, -0.25) is 4.79 Å². The highest BCUT2D eigenvalue weighted by molar-refractivity contribution is 6.07. The van der Waals surface area contributed by atoms with Crippen LogP contribution >= 0.6 is 0 Å². The van der Waals surface area contributed by atoms with Crippen LogP contribution in [0.4, 0.5) is 10.5 Å². The van der Waals surface area contributed by atoms with Crippen molar-refractivity contribution in [1.82, 2.24) is 10.3 Å². The highest BCUT2D eigenvalue weighted by Crippen LogP contribution is 2.28. The molecule has 6 nitrogen and oxygen atoms in total. The second kappa shape index (κ2) is 8.90. The molecule has 0 aliphatic carbocycles. The zero-order valence-electron chi connectivity index (χ0n) is 17.3. The average molecular weight is 393 g/mol. The zero-order chi connectivity index (χ0) is 20.9. The number of benzene rings is 2. The molecule has 0 unspecified atom stereocenters. The summed E-state index contributed by atoms with van der Waals surface area (Å²) >= 11 is 0. The van der Waals surface area contributed by atoms with Crippen molar-refractivity contribution in [2.24, 2.45) is 5.10 Å². The summed E-state index contributed by atoms with van der Waals surface area (Å²) in [6, 6.07) is 16.7. The van der Waals surface area contributed by atoms with Gasteiger partial charge in [0.2, 0.25) is 0 Å². The van der Waals surface area contributed by atoms with Crippen LogP contribution in [-0.2, 0) is 10.3 Å². The third kappa shape index (κ3) is 4.31. The monoisotopic (exact) mass is 392 g/mol. The number of urea groups is 1. The summed E-state index contributed by atoms with van der Waals surface area (Å²) in [6.45, 7) is 8.07. The first-order valence-electron chi connectivity index (χ1n) is 10.1. The lowest BCUT2D eigenvalue weighted by atomic mass is 9.92. The Morgan fingerprint density at radius 1 is 1.00 bits per heavy atom. The van der Waals surface area contributed by atoms with Gasteiger partial charge >= 0.3 is 6.03 Å². The molecule has 29 heavy (non-hydrogen) atoms. The molecule has 0 radical (unpaired) electrons. The summed E-state index contributed by atoms with van der Waals surface area (Å²) in [4.78, 5) is 27.6. The number of carbonyl (C=O) groups is 2. The maximum atomic E-state index is 12.9. The Kier molecular flexibility index (Phi) is 6.32. The van der Waals surface area contributed by atoms with Crippen LogP contribution in [-0.4, -0.2) is 36.3 Å². The van der Waals surface area contributed by atoms with E-state index in [1.165, 1.54) is 0 Å². The van der Waals surface area contributed by atoms with E-state index in [2.05, 4.69) is 29.2 Å². The topological polar surface area (TPSA) is 65.0 Å². The van der Waals surface area contributed by atoms with Crippen molar-refractivity contribution < 1.29 is 9.59 Å². The lowest BCUT2D eigenvalue weighted by molar-refractivity contribution is -0.131. The van der Waals surface area contributed by atoms with E-state index in [9.17, 15) is 9.59 Å². The van der Waals surface area contributed by atoms with Crippen LogP contribution in [0.15, 0.2) is 59.7 Å². The van der Waals surface area contributed by atoms with Crippen LogP contribution in [0.2, 0.25) is 0 Å². The van der Waals surface area contributed by atoms with Gasteiger partial charge in [0.1, 0.15) is 5.54 Å². The van der Waals surface area contributed by atoms with Gasteiger partial charge in [0, 0.05) is 18.8 Å². The van der Waals surface area contributed by atoms with Crippen molar-refractivity contribution in [3.05, 3.63) is 65.7 Å². The Labute approximate surface area is 172 Å². The molecule has 3 amide bonds. The Bertz CT molecular complexity index is 874. The van der Waals surface area contributed by atoms with E-state index >= 15 is 0 Å². The smallest absolute Gasteiger partial charge is 0.346 e. The lowest BCUT2D eigenvalue weighted by Crippen LogP contribution is -2.40. The number of hydrogen-bond donors (Lipinski definition) is 1. The van der Waals surface area contributed by atoms with Gasteiger partial charge in [-0.15, -0.1) is 5.01 Å². The highest BCUT2D eigenvalue weighted by atomic mass is 16.2. The molecule has 6 heteroatoms. The predicted octanol–water partition coefficient (Wildman–Crippen LogP) is 4.11. The summed E-state index contributed by atoms with van der Waals surface area (Å²) < 4.78 is 0. The van der Waals surface area contributed by atoms with E-state index in [1.807, 2.05) is 54.6 Å². The minimum atomic E-state index is -1.11. The molecular weight excluding hydrogens is 364 g/mol. The predicted molar refractivity (Wildman–Crippen MR) is 116 cm³/mol. The minimum absolute atomic E-state index is 0.390. The standard InChI is InChI=1S/C23H28N4O2/c1-4-15-26(16-5-2)20-13-11-18(12-14-20)17-24-27-21(28)23(3,25-22(27)29)19-9-7-6-8-10-19/h6-14,17H,4-5,15-16H2,1-3H3,(H,25,29)/b24-17-/t23-/m0/s1. The van der Waals surface area contributed by atoms with E-state index in [0.29, 0.717) is 0 Å².